The Kier molecular flexibility index (Phi) is 52.1. The number of aliphatic hydroxyl groups excluding tert-OH is 1. The standard InChI is InChI=1S/C18H20ClN3.C17H15ClN2O.C17H17ClN2.C16H15ClN2O.C14H10BrClN2.C8H7BrN2.C2H4I2.2C2H5I.C2H6.CI3.V/c1-3-20-9-8-14-11-18-17(21-12-14)10-13(2)22(18)16-6-4-15(19)5-7-16;1-11-7-16-17(9-13(10-19-16)8-12(2)21)20(11)15-5-3-14(18)4-6-15;1-3-4-13-10-17-16(19-11-13)9-12(2)20(17)15-7-5-14(18)6-8-15;1-11-8-15-16(9-12(6-7-20)10-18-15)19(11)14-4-2-13(17)3-5-14;1-9-6-13-14(7-10(15)8-17-13)18(9)12-4-2-11(16)3-5-12;1-5-2-7-8(11-5)3-6(9)4-10-7;1-2(3)4;2*1-2-3;1-2;2-1(3)4;/h4-7,10-12,20H,3,8-9H2,1-2H3;3-7,9-10H,8H2,1-2H3;5-11H,3-4H2,1-2H3;2-5,8-10,20H,6-7H2,1H3;2-8H,1H3;2-4,11H,1H3;2H,1H3;2*2H2,1H3;1-2H3;;/q;;;;;;;;;;-1;. The number of pyridine rings is 6. The summed E-state index contributed by atoms with van der Waals surface area (Å²) in [6.07, 6.45) is 15.4. The number of carbonyl (C=O) groups excluding carboxylic acids is 1. The van der Waals surface area contributed by atoms with Crippen molar-refractivity contribution in [1.29, 1.82) is 0 Å². The number of halogens is 14. The van der Waals surface area contributed by atoms with Gasteiger partial charge in [0.05, 0.1) is 68.1 Å². The fraction of sp³-hybridized carbons (Fsp3) is 0.253. The number of H-pyrrole nitrogens is 1. The Morgan fingerprint density at radius 1 is 0.426 bits per heavy atom. The molecule has 0 aliphatic rings. The number of Topliss-reactive ketones (excluding diaryl/α,β-unsaturated/α-hetero) is 1. The van der Waals surface area contributed by atoms with Gasteiger partial charge in [-0.25, -0.2) is 0 Å². The fourth-order valence-corrected chi connectivity index (χ4v) is 14.9. The number of likely N-dealkylation sites (N-methyl/N-ethyl adjacent to an activating group) is 1. The minimum Gasteiger partial charge on any atom is -0.396 e. The van der Waals surface area contributed by atoms with E-state index >= 15 is 0 Å². The van der Waals surface area contributed by atoms with E-state index in [1.807, 2.05) is 198 Å². The molecule has 5 aromatic carbocycles. The molecule has 0 spiro atoms. The molecule has 0 aliphatic carbocycles. The number of nitrogens with zero attached hydrogens (tertiary/aromatic N) is 11. The predicted octanol–water partition coefficient (Wildman–Crippen LogP) is 33.0. The molecule has 1 radical (unpaired) electrons. The number of nitrogens with one attached hydrogen (secondary N) is 2. The minimum absolute atomic E-state index is 0. The number of benzene rings is 5. The zero-order valence-corrected chi connectivity index (χ0v) is 97.6. The summed E-state index contributed by atoms with van der Waals surface area (Å²) in [7, 11) is 0. The molecule has 0 bridgehead atoms. The maximum atomic E-state index is 11.3. The maximum Gasteiger partial charge on any atom is 0.134 e. The van der Waals surface area contributed by atoms with Gasteiger partial charge in [-0.15, -0.1) is -0.0619 Å². The molecule has 30 heteroatoms. The summed E-state index contributed by atoms with van der Waals surface area (Å²) in [6, 6.07) is 64.3. The first-order chi connectivity index (χ1) is 61.3. The summed E-state index contributed by atoms with van der Waals surface area (Å²) in [6.45, 7) is 30.8. The molecular formula is C99H104Br2Cl5I7N13O2V-. The van der Waals surface area contributed by atoms with Crippen molar-refractivity contribution in [2.45, 2.75) is 131 Å². The Morgan fingerprint density at radius 2 is 0.682 bits per heavy atom. The van der Waals surface area contributed by atoms with Gasteiger partial charge in [-0.2, -0.15) is 0 Å². The van der Waals surface area contributed by atoms with Crippen LogP contribution in [0.4, 0.5) is 0 Å². The number of aromatic nitrogens is 12. The maximum absolute atomic E-state index is 11.3. The van der Waals surface area contributed by atoms with Gasteiger partial charge < -0.3 is 38.2 Å². The van der Waals surface area contributed by atoms with Gasteiger partial charge >= 0.3 is 0 Å². The number of carbonyl (C=O) groups is 1. The normalized spacial score (nSPS) is 10.5. The third-order valence-electron chi connectivity index (χ3n) is 18.6. The Balaban J connectivity index is 0.000000232. The second-order valence-electron chi connectivity index (χ2n) is 28.5. The zero-order valence-electron chi connectivity index (χ0n) is 74.1. The summed E-state index contributed by atoms with van der Waals surface area (Å²) in [5, 5.41) is 16.1. The van der Waals surface area contributed by atoms with Crippen LogP contribution in [0.15, 0.2) is 240 Å². The van der Waals surface area contributed by atoms with Crippen molar-refractivity contribution in [2.24, 2.45) is 0 Å². The number of rotatable bonds is 15. The first-order valence-electron chi connectivity index (χ1n) is 41.3. The molecule has 129 heavy (non-hydrogen) atoms. The van der Waals surface area contributed by atoms with Crippen LogP contribution in [0.1, 0.15) is 118 Å². The quantitative estimate of drug-likeness (QED) is 0.0392. The Labute approximate surface area is 908 Å². The van der Waals surface area contributed by atoms with Crippen LogP contribution in [0.25, 0.3) is 94.6 Å². The fourth-order valence-electron chi connectivity index (χ4n) is 13.6. The van der Waals surface area contributed by atoms with Gasteiger partial charge in [0.15, 0.2) is 0 Å². The monoisotopic (exact) mass is 2780 g/mol. The van der Waals surface area contributed by atoms with Gasteiger partial charge in [0.1, 0.15) is 5.78 Å². The number of alkyl halides is 4. The number of hydrogen-bond donors (Lipinski definition) is 3. The SMILES string of the molecule is CC.CC(=O)Cc1cnc2cc(C)n(-c3ccc(Cl)cc3)c2c1.CC(I)I.CCCc1cnc2cc(C)n(-c3ccc(Cl)cc3)c2c1.CCI.CCI.CCNCCc1cnc2cc(C)n(-c3ccc(Cl)cc3)c2c1.Cc1cc2ncc(Br)cc2[nH]1.Cc1cc2ncc(Br)cc2n1-c1ccc(Cl)cc1.Cc1cc2ncc(CCO)cc2n1-c1ccc(Cl)cc1.I[C-](I)I.[V]. The summed E-state index contributed by atoms with van der Waals surface area (Å²) >= 11 is 52.6. The third-order valence-corrected chi connectivity index (χ3v) is 20.7. The number of fused-ring (bicyclic) bond motifs is 6. The Bertz CT molecular complexity index is 6170. The van der Waals surface area contributed by atoms with Crippen molar-refractivity contribution in [2.75, 3.05) is 28.6 Å². The molecule has 12 aromatic heterocycles. The van der Waals surface area contributed by atoms with E-state index in [1.54, 1.807) is 19.3 Å². The van der Waals surface area contributed by atoms with Gasteiger partial charge in [0, 0.05) is 165 Å². The van der Waals surface area contributed by atoms with E-state index in [4.69, 9.17) is 63.1 Å². The van der Waals surface area contributed by atoms with Crippen LogP contribution in [0.2, 0.25) is 25.1 Å². The first-order valence-corrected chi connectivity index (χ1v) is 53.5. The number of aliphatic hydroxyl groups is 1. The molecule has 0 atom stereocenters. The number of ketones is 1. The first kappa shape index (κ1) is 114. The average molecular weight is 2780 g/mol. The molecule has 3 N–H and O–H groups in total. The average Bonchev–Trinajstić information content (AvgIpc) is 1.66. The Hall–Kier alpha value is -4.07. The van der Waals surface area contributed by atoms with Gasteiger partial charge in [0.25, 0.3) is 0 Å². The van der Waals surface area contributed by atoms with E-state index in [-0.39, 0.29) is 30.9 Å². The van der Waals surface area contributed by atoms with Crippen LogP contribution in [-0.4, -0.2) is 99.1 Å². The van der Waals surface area contributed by atoms with Crippen LogP contribution >= 0.6 is 248 Å². The molecule has 0 aliphatic heterocycles. The zero-order chi connectivity index (χ0) is 93.8. The molecule has 0 amide bonds. The second kappa shape index (κ2) is 59.2. The molecule has 15 nitrogen and oxygen atoms in total. The molecule has 17 rings (SSSR count). The van der Waals surface area contributed by atoms with E-state index in [0.29, 0.717) is 17.9 Å². The van der Waals surface area contributed by atoms with Crippen molar-refractivity contribution in [3.63, 3.8) is 0 Å². The topological polar surface area (TPSA) is 167 Å². The van der Waals surface area contributed by atoms with Crippen LogP contribution in [-0.2, 0) is 49.0 Å². The number of hydrogen-bond acceptors (Lipinski definition) is 9. The van der Waals surface area contributed by atoms with E-state index in [0.717, 1.165) is 192 Å². The van der Waals surface area contributed by atoms with E-state index in [9.17, 15) is 4.79 Å². The second-order valence-corrected chi connectivity index (χ2v) is 51.2. The van der Waals surface area contributed by atoms with E-state index in [2.05, 4.69) is 364 Å². The number of aryl methyl sites for hydroxylation is 7. The van der Waals surface area contributed by atoms with Crippen LogP contribution in [0.5, 0.6) is 0 Å². The van der Waals surface area contributed by atoms with Gasteiger partial charge in [0.2, 0.25) is 0 Å². The largest absolute Gasteiger partial charge is 0.396 e. The van der Waals surface area contributed by atoms with Crippen molar-refractivity contribution >= 4 is 320 Å². The van der Waals surface area contributed by atoms with Crippen molar-refractivity contribution < 1.29 is 28.5 Å². The molecular weight excluding hydrogens is 2680 g/mol. The van der Waals surface area contributed by atoms with Crippen LogP contribution in [0, 0.1) is 41.5 Å². The van der Waals surface area contributed by atoms with Gasteiger partial charge in [-0.3, -0.25) is 102 Å². The van der Waals surface area contributed by atoms with Gasteiger partial charge in [-0.1, -0.05) is 196 Å². The van der Waals surface area contributed by atoms with Crippen molar-refractivity contribution in [1.82, 2.24) is 63.0 Å². The molecule has 0 saturated carbocycles. The summed E-state index contributed by atoms with van der Waals surface area (Å²) in [5.41, 5.74) is 29.3. The van der Waals surface area contributed by atoms with E-state index < -0.39 is 0 Å². The molecule has 17 aromatic rings. The molecule has 12 heterocycles. The summed E-state index contributed by atoms with van der Waals surface area (Å²) in [4.78, 5) is 41.3. The van der Waals surface area contributed by atoms with E-state index in [1.165, 1.54) is 31.3 Å². The smallest absolute Gasteiger partial charge is 0.134 e. The molecule has 0 saturated heterocycles. The van der Waals surface area contributed by atoms with Crippen LogP contribution < -0.4 is 5.32 Å². The molecule has 0 fully saturated rings. The van der Waals surface area contributed by atoms with Gasteiger partial charge in [-0.05, 0) is 345 Å². The van der Waals surface area contributed by atoms with Crippen LogP contribution in [0.3, 0.4) is 0 Å². The summed E-state index contributed by atoms with van der Waals surface area (Å²) < 4.78 is 17.4. The minimum atomic E-state index is 0. The van der Waals surface area contributed by atoms with Crippen molar-refractivity contribution in [3.8, 4) is 28.4 Å². The van der Waals surface area contributed by atoms with Crippen molar-refractivity contribution in [3.05, 3.63) is 322 Å². The number of aromatic amines is 1. The molecule has 681 valence electrons. The Morgan fingerprint density at radius 3 is 0.969 bits per heavy atom. The molecule has 0 unspecified atom stereocenters. The summed E-state index contributed by atoms with van der Waals surface area (Å²) in [5.74, 6) is 0.137. The predicted molar refractivity (Wildman–Crippen MR) is 615 cm³/mol. The third kappa shape index (κ3) is 35.8.